The van der Waals surface area contributed by atoms with E-state index in [2.05, 4.69) is 10.6 Å². The van der Waals surface area contributed by atoms with Crippen molar-refractivity contribution in [1.29, 1.82) is 0 Å². The zero-order chi connectivity index (χ0) is 20.5. The Hall–Kier alpha value is -4.01. The molecule has 0 aliphatic rings. The molecule has 0 atom stereocenters. The van der Waals surface area contributed by atoms with Crippen LogP contribution in [0.25, 0.3) is 6.08 Å². The summed E-state index contributed by atoms with van der Waals surface area (Å²) < 4.78 is 0. The third-order valence-electron chi connectivity index (χ3n) is 3.59. The first-order chi connectivity index (χ1) is 13.4. The summed E-state index contributed by atoms with van der Waals surface area (Å²) in [6, 6.07) is 13.8. The molecule has 144 valence electrons. The van der Waals surface area contributed by atoms with Gasteiger partial charge in [-0.2, -0.15) is 0 Å². The second kappa shape index (κ2) is 9.62. The van der Waals surface area contributed by atoms with E-state index in [1.165, 1.54) is 24.3 Å². The highest BCUT2D eigenvalue weighted by Crippen LogP contribution is 2.20. The van der Waals surface area contributed by atoms with Crippen molar-refractivity contribution in [1.82, 2.24) is 10.6 Å². The highest BCUT2D eigenvalue weighted by Gasteiger charge is 2.18. The molecule has 0 fully saturated rings. The van der Waals surface area contributed by atoms with Gasteiger partial charge in [0.25, 0.3) is 17.5 Å². The van der Waals surface area contributed by atoms with Gasteiger partial charge in [0, 0.05) is 18.2 Å². The number of aliphatic carboxylic acids is 1. The van der Waals surface area contributed by atoms with Crippen molar-refractivity contribution in [2.45, 2.75) is 6.42 Å². The molecule has 9 nitrogen and oxygen atoms in total. The van der Waals surface area contributed by atoms with Crippen LogP contribution in [-0.2, 0) is 9.59 Å². The fraction of sp³-hybridized carbons (Fsp3) is 0.105. The molecule has 0 unspecified atom stereocenters. The molecular formula is C19H17N3O6. The topological polar surface area (TPSA) is 139 Å². The molecule has 0 aliphatic heterocycles. The summed E-state index contributed by atoms with van der Waals surface area (Å²) in [5, 5.41) is 24.7. The standard InChI is InChI=1S/C19H17N3O6/c23-17(24)10-11-20-19(26)15(21-18(25)13-6-2-1-3-7-13)12-14-8-4-5-9-16(14)22(27)28/h1-9,12H,10-11H2,(H,20,26)(H,21,25)(H,23,24)/b15-12-. The number of hydrogen-bond donors (Lipinski definition) is 3. The number of carboxylic acid groups (broad SMARTS) is 1. The van der Waals surface area contributed by atoms with Crippen molar-refractivity contribution >= 4 is 29.5 Å². The maximum Gasteiger partial charge on any atom is 0.305 e. The van der Waals surface area contributed by atoms with Crippen molar-refractivity contribution in [2.75, 3.05) is 6.54 Å². The summed E-state index contributed by atoms with van der Waals surface area (Å²) in [7, 11) is 0. The zero-order valence-electron chi connectivity index (χ0n) is 14.6. The Balaban J connectivity index is 2.33. The highest BCUT2D eigenvalue weighted by molar-refractivity contribution is 6.05. The van der Waals surface area contributed by atoms with Crippen molar-refractivity contribution in [3.63, 3.8) is 0 Å². The lowest BCUT2D eigenvalue weighted by Crippen LogP contribution is -2.35. The number of nitrogens with one attached hydrogen (secondary N) is 2. The number of rotatable bonds is 8. The Morgan fingerprint density at radius 2 is 1.68 bits per heavy atom. The first-order valence-electron chi connectivity index (χ1n) is 8.20. The fourth-order valence-corrected chi connectivity index (χ4v) is 2.25. The van der Waals surface area contributed by atoms with Gasteiger partial charge in [0.1, 0.15) is 5.70 Å². The Morgan fingerprint density at radius 1 is 1.04 bits per heavy atom. The number of carboxylic acids is 1. The van der Waals surface area contributed by atoms with E-state index in [1.54, 1.807) is 36.4 Å². The minimum atomic E-state index is -1.10. The number of nitro groups is 1. The van der Waals surface area contributed by atoms with Gasteiger partial charge in [0.05, 0.1) is 16.9 Å². The quantitative estimate of drug-likeness (QED) is 0.362. The van der Waals surface area contributed by atoms with E-state index in [-0.39, 0.29) is 35.5 Å². The SMILES string of the molecule is O=C(O)CCNC(=O)/C(=C/c1ccccc1[N+](=O)[O-])NC(=O)c1ccccc1. The van der Waals surface area contributed by atoms with Gasteiger partial charge in [-0.05, 0) is 24.3 Å². The Kier molecular flexibility index (Phi) is 6.98. The van der Waals surface area contributed by atoms with E-state index in [0.717, 1.165) is 0 Å². The number of nitrogens with zero attached hydrogens (tertiary/aromatic N) is 1. The van der Waals surface area contributed by atoms with Gasteiger partial charge in [-0.3, -0.25) is 24.5 Å². The molecule has 0 saturated carbocycles. The van der Waals surface area contributed by atoms with Crippen LogP contribution < -0.4 is 10.6 Å². The molecule has 3 N–H and O–H groups in total. The summed E-state index contributed by atoms with van der Waals surface area (Å²) in [4.78, 5) is 46.0. The smallest absolute Gasteiger partial charge is 0.305 e. The van der Waals surface area contributed by atoms with Crippen LogP contribution in [0.4, 0.5) is 5.69 Å². The van der Waals surface area contributed by atoms with Gasteiger partial charge < -0.3 is 15.7 Å². The van der Waals surface area contributed by atoms with E-state index in [0.29, 0.717) is 0 Å². The van der Waals surface area contributed by atoms with Crippen LogP contribution in [0.3, 0.4) is 0 Å². The molecule has 0 spiro atoms. The van der Waals surface area contributed by atoms with Crippen molar-refractivity contribution in [3.05, 3.63) is 81.5 Å². The highest BCUT2D eigenvalue weighted by atomic mass is 16.6. The largest absolute Gasteiger partial charge is 0.481 e. The number of benzene rings is 2. The number of hydrogen-bond acceptors (Lipinski definition) is 5. The number of carbonyl (C=O) groups excluding carboxylic acids is 2. The lowest BCUT2D eigenvalue weighted by Gasteiger charge is -2.11. The predicted molar refractivity (Wildman–Crippen MR) is 100 cm³/mol. The second-order valence-corrected chi connectivity index (χ2v) is 5.59. The van der Waals surface area contributed by atoms with Crippen molar-refractivity contribution in [3.8, 4) is 0 Å². The van der Waals surface area contributed by atoms with Gasteiger partial charge in [0.15, 0.2) is 0 Å². The van der Waals surface area contributed by atoms with Crippen molar-refractivity contribution in [2.24, 2.45) is 0 Å². The Morgan fingerprint density at radius 3 is 2.32 bits per heavy atom. The molecule has 2 rings (SSSR count). The summed E-state index contributed by atoms with van der Waals surface area (Å²) in [6.07, 6.45) is 0.867. The molecule has 28 heavy (non-hydrogen) atoms. The molecule has 0 bridgehead atoms. The maximum atomic E-state index is 12.4. The molecule has 0 heterocycles. The average molecular weight is 383 g/mol. The maximum absolute atomic E-state index is 12.4. The van der Waals surface area contributed by atoms with Gasteiger partial charge in [0.2, 0.25) is 0 Å². The van der Waals surface area contributed by atoms with Crippen LogP contribution in [0.15, 0.2) is 60.3 Å². The van der Waals surface area contributed by atoms with E-state index >= 15 is 0 Å². The first kappa shape index (κ1) is 20.3. The number of carbonyl (C=O) groups is 3. The summed E-state index contributed by atoms with van der Waals surface area (Å²) in [5.74, 6) is -2.44. The number of amides is 2. The summed E-state index contributed by atoms with van der Waals surface area (Å²) in [5.41, 5.74) is -0.0839. The van der Waals surface area contributed by atoms with E-state index < -0.39 is 22.7 Å². The lowest BCUT2D eigenvalue weighted by atomic mass is 10.1. The van der Waals surface area contributed by atoms with Crippen LogP contribution in [0.5, 0.6) is 0 Å². The van der Waals surface area contributed by atoms with E-state index in [1.807, 2.05) is 0 Å². The molecule has 2 aromatic rings. The van der Waals surface area contributed by atoms with Crippen LogP contribution in [0.2, 0.25) is 0 Å². The second-order valence-electron chi connectivity index (χ2n) is 5.59. The lowest BCUT2D eigenvalue weighted by molar-refractivity contribution is -0.385. The normalized spacial score (nSPS) is 10.8. The third-order valence-corrected chi connectivity index (χ3v) is 3.59. The third kappa shape index (κ3) is 5.77. The summed E-state index contributed by atoms with van der Waals surface area (Å²) in [6.45, 7) is -0.163. The van der Waals surface area contributed by atoms with Crippen LogP contribution in [0, 0.1) is 10.1 Å². The van der Waals surface area contributed by atoms with Crippen LogP contribution in [-0.4, -0.2) is 34.4 Å². The van der Waals surface area contributed by atoms with Crippen LogP contribution in [0.1, 0.15) is 22.3 Å². The minimum absolute atomic E-state index is 0.115. The Labute approximate surface area is 159 Å². The van der Waals surface area contributed by atoms with Gasteiger partial charge >= 0.3 is 5.97 Å². The van der Waals surface area contributed by atoms with E-state index in [9.17, 15) is 24.5 Å². The Bertz CT molecular complexity index is 924. The molecule has 2 aromatic carbocycles. The molecule has 0 saturated heterocycles. The van der Waals surface area contributed by atoms with Gasteiger partial charge in [-0.15, -0.1) is 0 Å². The predicted octanol–water partition coefficient (Wildman–Crippen LogP) is 1.96. The molecule has 0 radical (unpaired) electrons. The zero-order valence-corrected chi connectivity index (χ0v) is 14.6. The van der Waals surface area contributed by atoms with Crippen LogP contribution >= 0.6 is 0 Å². The first-order valence-corrected chi connectivity index (χ1v) is 8.20. The summed E-state index contributed by atoms with van der Waals surface area (Å²) >= 11 is 0. The number of nitro benzene ring substituents is 1. The molecule has 2 amide bonds. The molecule has 0 aromatic heterocycles. The molecular weight excluding hydrogens is 366 g/mol. The molecule has 9 heteroatoms. The van der Waals surface area contributed by atoms with Gasteiger partial charge in [-0.1, -0.05) is 30.3 Å². The van der Waals surface area contributed by atoms with Gasteiger partial charge in [-0.25, -0.2) is 0 Å². The molecule has 0 aliphatic carbocycles. The fourth-order valence-electron chi connectivity index (χ4n) is 2.25. The average Bonchev–Trinajstić information content (AvgIpc) is 2.68. The monoisotopic (exact) mass is 383 g/mol. The van der Waals surface area contributed by atoms with Crippen molar-refractivity contribution < 1.29 is 24.4 Å². The minimum Gasteiger partial charge on any atom is -0.481 e. The number of para-hydroxylation sites is 1. The van der Waals surface area contributed by atoms with E-state index in [4.69, 9.17) is 5.11 Å².